The number of aliphatic carboxylic acids is 2. The number of rotatable bonds is 15. The molecule has 0 bridgehead atoms. The predicted molar refractivity (Wildman–Crippen MR) is 164 cm³/mol. The van der Waals surface area contributed by atoms with E-state index in [9.17, 15) is 34.2 Å². The van der Waals surface area contributed by atoms with Crippen LogP contribution in [0.1, 0.15) is 30.9 Å². The molecule has 5 unspecified atom stereocenters. The maximum Gasteiger partial charge on any atom is 0.326 e. The Morgan fingerprint density at radius 2 is 1.18 bits per heavy atom. The van der Waals surface area contributed by atoms with Gasteiger partial charge in [-0.1, -0.05) is 36.4 Å². The summed E-state index contributed by atoms with van der Waals surface area (Å²) in [6.07, 6.45) is 1.21. The molecule has 0 radical (unpaired) electrons. The number of carboxylic acids is 2. The van der Waals surface area contributed by atoms with Crippen LogP contribution in [0, 0.1) is 0 Å². The zero-order valence-electron chi connectivity index (χ0n) is 24.4. The van der Waals surface area contributed by atoms with Crippen molar-refractivity contribution in [2.75, 3.05) is 0 Å². The molecule has 0 fully saturated rings. The van der Waals surface area contributed by atoms with E-state index in [0.717, 1.165) is 21.8 Å². The third kappa shape index (κ3) is 8.25. The lowest BCUT2D eigenvalue weighted by molar-refractivity contribution is -0.143. The molecule has 0 aliphatic carbocycles. The Hall–Kier alpha value is -5.21. The van der Waals surface area contributed by atoms with Crippen molar-refractivity contribution in [2.24, 2.45) is 5.73 Å². The average Bonchev–Trinajstić information content (AvgIpc) is 3.61. The van der Waals surface area contributed by atoms with Gasteiger partial charge in [-0.15, -0.1) is 0 Å². The Morgan fingerprint density at radius 3 is 1.62 bits per heavy atom. The molecular weight excluding hydrogens is 584 g/mol. The molecule has 4 aromatic rings. The standard InChI is InChI=1S/C31H36N6O8/c1-16(38)27(32)30(43)37-25(13-18-15-34-22-9-5-3-7-20(18)22)29(42)36-24(12-17-14-33-21-8-4-2-6-19(17)21)28(41)35-23(31(44)45)10-11-26(39)40/h2-9,14-16,23-25,27,33-34,38H,10-13,32H2,1H3,(H,35,41)(H,36,42)(H,37,43)(H,39,40)(H,44,45). The summed E-state index contributed by atoms with van der Waals surface area (Å²) in [6.45, 7) is 1.34. The summed E-state index contributed by atoms with van der Waals surface area (Å²) < 4.78 is 0. The molecule has 10 N–H and O–H groups in total. The van der Waals surface area contributed by atoms with Crippen molar-refractivity contribution in [1.82, 2.24) is 25.9 Å². The molecule has 2 heterocycles. The molecule has 0 spiro atoms. The van der Waals surface area contributed by atoms with Gasteiger partial charge in [0.25, 0.3) is 0 Å². The second kappa shape index (κ2) is 14.5. The Kier molecular flexibility index (Phi) is 10.5. The van der Waals surface area contributed by atoms with Crippen LogP contribution in [0.15, 0.2) is 60.9 Å². The third-order valence-electron chi connectivity index (χ3n) is 7.55. The minimum atomic E-state index is -1.53. The number of fused-ring (bicyclic) bond motifs is 2. The van der Waals surface area contributed by atoms with E-state index in [0.29, 0.717) is 11.1 Å². The molecule has 4 rings (SSSR count). The Morgan fingerprint density at radius 1 is 0.733 bits per heavy atom. The quantitative estimate of drug-likeness (QED) is 0.0900. The van der Waals surface area contributed by atoms with Gasteiger partial charge < -0.3 is 47.0 Å². The largest absolute Gasteiger partial charge is 0.481 e. The summed E-state index contributed by atoms with van der Waals surface area (Å²) in [5, 5.41) is 37.7. The van der Waals surface area contributed by atoms with Gasteiger partial charge in [0.2, 0.25) is 17.7 Å². The van der Waals surface area contributed by atoms with E-state index >= 15 is 0 Å². The van der Waals surface area contributed by atoms with Crippen molar-refractivity contribution in [2.45, 2.75) is 62.9 Å². The number of hydrogen-bond donors (Lipinski definition) is 9. The first kappa shape index (κ1) is 32.7. The van der Waals surface area contributed by atoms with Crippen LogP contribution < -0.4 is 21.7 Å². The van der Waals surface area contributed by atoms with E-state index in [1.165, 1.54) is 6.92 Å². The van der Waals surface area contributed by atoms with Crippen molar-refractivity contribution < 1.29 is 39.3 Å². The first-order valence-electron chi connectivity index (χ1n) is 14.3. The number of aliphatic hydroxyl groups is 1. The van der Waals surface area contributed by atoms with Gasteiger partial charge in [0, 0.05) is 53.5 Å². The monoisotopic (exact) mass is 620 g/mol. The lowest BCUT2D eigenvalue weighted by Crippen LogP contribution is -2.59. The maximum absolute atomic E-state index is 13.9. The van der Waals surface area contributed by atoms with E-state index in [-0.39, 0.29) is 19.3 Å². The molecule has 2 aromatic carbocycles. The van der Waals surface area contributed by atoms with E-state index in [1.54, 1.807) is 18.5 Å². The number of carbonyl (C=O) groups is 5. The van der Waals surface area contributed by atoms with E-state index in [1.807, 2.05) is 42.5 Å². The van der Waals surface area contributed by atoms with Crippen LogP contribution in [0.3, 0.4) is 0 Å². The SMILES string of the molecule is CC(O)C(N)C(=O)NC(Cc1c[nH]c2ccccc12)C(=O)NC(Cc1c[nH]c2ccccc12)C(=O)NC(CCC(=O)O)C(=O)O. The van der Waals surface area contributed by atoms with Crippen molar-refractivity contribution in [3.63, 3.8) is 0 Å². The van der Waals surface area contributed by atoms with Gasteiger partial charge in [-0.25, -0.2) is 4.79 Å². The van der Waals surface area contributed by atoms with E-state index in [4.69, 9.17) is 10.8 Å². The van der Waals surface area contributed by atoms with Crippen LogP contribution in [0.25, 0.3) is 21.8 Å². The first-order chi connectivity index (χ1) is 21.4. The van der Waals surface area contributed by atoms with Crippen LogP contribution in [0.4, 0.5) is 0 Å². The van der Waals surface area contributed by atoms with Crippen molar-refractivity contribution in [3.8, 4) is 0 Å². The summed E-state index contributed by atoms with van der Waals surface area (Å²) in [6, 6.07) is 9.20. The number of aromatic amines is 2. The molecule has 45 heavy (non-hydrogen) atoms. The fraction of sp³-hybridized carbons (Fsp3) is 0.323. The molecule has 2 aromatic heterocycles. The van der Waals surface area contributed by atoms with Gasteiger partial charge in [-0.3, -0.25) is 19.2 Å². The molecule has 5 atom stereocenters. The highest BCUT2D eigenvalue weighted by atomic mass is 16.4. The number of carbonyl (C=O) groups excluding carboxylic acids is 3. The number of nitrogens with one attached hydrogen (secondary N) is 5. The third-order valence-corrected chi connectivity index (χ3v) is 7.55. The highest BCUT2D eigenvalue weighted by molar-refractivity contribution is 5.95. The lowest BCUT2D eigenvalue weighted by Gasteiger charge is -2.25. The number of nitrogens with two attached hydrogens (primary N) is 1. The van der Waals surface area contributed by atoms with E-state index < -0.39 is 66.4 Å². The number of amides is 3. The summed E-state index contributed by atoms with van der Waals surface area (Å²) in [7, 11) is 0. The number of aliphatic hydroxyl groups excluding tert-OH is 1. The normalized spacial score (nSPS) is 14.6. The minimum absolute atomic E-state index is 0.00803. The fourth-order valence-corrected chi connectivity index (χ4v) is 5.02. The second-order valence-corrected chi connectivity index (χ2v) is 10.8. The number of benzene rings is 2. The molecule has 0 saturated carbocycles. The molecule has 0 aliphatic heterocycles. The zero-order chi connectivity index (χ0) is 32.7. The van der Waals surface area contributed by atoms with Crippen LogP contribution >= 0.6 is 0 Å². The van der Waals surface area contributed by atoms with Crippen molar-refractivity contribution in [3.05, 3.63) is 72.1 Å². The number of hydrogen-bond acceptors (Lipinski definition) is 7. The molecular formula is C31H36N6O8. The Labute approximate surface area is 257 Å². The van der Waals surface area contributed by atoms with Gasteiger partial charge in [0.15, 0.2) is 0 Å². The predicted octanol–water partition coefficient (Wildman–Crippen LogP) is 0.546. The molecule has 14 nitrogen and oxygen atoms in total. The average molecular weight is 621 g/mol. The van der Waals surface area contributed by atoms with Gasteiger partial charge >= 0.3 is 11.9 Å². The lowest BCUT2D eigenvalue weighted by atomic mass is 10.0. The number of H-pyrrole nitrogens is 2. The Balaban J connectivity index is 1.64. The minimum Gasteiger partial charge on any atom is -0.481 e. The van der Waals surface area contributed by atoms with Crippen LogP contribution in [-0.2, 0) is 36.8 Å². The maximum atomic E-state index is 13.9. The molecule has 0 saturated heterocycles. The first-order valence-corrected chi connectivity index (χ1v) is 14.3. The van der Waals surface area contributed by atoms with Crippen molar-refractivity contribution >= 4 is 51.5 Å². The highest BCUT2D eigenvalue weighted by Gasteiger charge is 2.32. The smallest absolute Gasteiger partial charge is 0.326 e. The molecule has 3 amide bonds. The Bertz CT molecular complexity index is 1700. The van der Waals surface area contributed by atoms with E-state index in [2.05, 4.69) is 25.9 Å². The van der Waals surface area contributed by atoms with Gasteiger partial charge in [0.05, 0.1) is 6.10 Å². The number of aromatic nitrogens is 2. The zero-order valence-corrected chi connectivity index (χ0v) is 24.4. The highest BCUT2D eigenvalue weighted by Crippen LogP contribution is 2.21. The number of para-hydroxylation sites is 2. The molecule has 238 valence electrons. The second-order valence-electron chi connectivity index (χ2n) is 10.8. The van der Waals surface area contributed by atoms with Crippen LogP contribution in [0.2, 0.25) is 0 Å². The molecule has 0 aliphatic rings. The van der Waals surface area contributed by atoms with Gasteiger partial charge in [-0.05, 0) is 36.6 Å². The van der Waals surface area contributed by atoms with Crippen LogP contribution in [0.5, 0.6) is 0 Å². The topological polar surface area (TPSA) is 240 Å². The summed E-state index contributed by atoms with van der Waals surface area (Å²) in [5.74, 6) is -5.07. The van der Waals surface area contributed by atoms with Crippen molar-refractivity contribution in [1.29, 1.82) is 0 Å². The molecule has 14 heteroatoms. The summed E-state index contributed by atoms with van der Waals surface area (Å²) >= 11 is 0. The fourth-order valence-electron chi connectivity index (χ4n) is 5.02. The summed E-state index contributed by atoms with van der Waals surface area (Å²) in [4.78, 5) is 69.4. The summed E-state index contributed by atoms with van der Waals surface area (Å²) in [5.41, 5.74) is 8.75. The van der Waals surface area contributed by atoms with Gasteiger partial charge in [0.1, 0.15) is 24.2 Å². The van der Waals surface area contributed by atoms with Gasteiger partial charge in [-0.2, -0.15) is 0 Å². The number of carboxylic acid groups (broad SMARTS) is 2. The van der Waals surface area contributed by atoms with Crippen LogP contribution in [-0.4, -0.2) is 85.2 Å².